The highest BCUT2D eigenvalue weighted by Crippen LogP contribution is 2.64. The number of rotatable bonds is 3. The molecule has 3 nitrogen and oxygen atoms in total. The van der Waals surface area contributed by atoms with Gasteiger partial charge in [0.25, 0.3) is 0 Å². The van der Waals surface area contributed by atoms with Gasteiger partial charge in [0.1, 0.15) is 5.41 Å². The maximum atomic E-state index is 11.9. The van der Waals surface area contributed by atoms with Gasteiger partial charge in [-0.15, -0.1) is 6.58 Å². The average molecular weight is 194 g/mol. The number of allylic oxidation sites excluding steroid dienone is 1. The van der Waals surface area contributed by atoms with Crippen LogP contribution in [-0.2, 0) is 14.3 Å². The molecule has 2 aliphatic carbocycles. The zero-order chi connectivity index (χ0) is 10.3. The van der Waals surface area contributed by atoms with Crippen LogP contribution in [0.4, 0.5) is 0 Å². The fourth-order valence-corrected chi connectivity index (χ4v) is 2.67. The van der Waals surface area contributed by atoms with Gasteiger partial charge in [0.2, 0.25) is 0 Å². The van der Waals surface area contributed by atoms with E-state index >= 15 is 0 Å². The molecule has 2 rings (SSSR count). The molecule has 3 heteroatoms. The van der Waals surface area contributed by atoms with E-state index in [1.807, 2.05) is 0 Å². The molecule has 14 heavy (non-hydrogen) atoms. The first-order valence-electron chi connectivity index (χ1n) is 4.90. The number of esters is 1. The molecule has 0 aromatic rings. The molecule has 0 aromatic heterocycles. The first-order valence-corrected chi connectivity index (χ1v) is 4.90. The van der Waals surface area contributed by atoms with E-state index in [4.69, 9.17) is 4.74 Å². The molecule has 0 aliphatic heterocycles. The Morgan fingerprint density at radius 3 is 3.07 bits per heavy atom. The van der Waals surface area contributed by atoms with Crippen molar-refractivity contribution in [3.63, 3.8) is 0 Å². The van der Waals surface area contributed by atoms with Crippen molar-refractivity contribution in [3.8, 4) is 0 Å². The van der Waals surface area contributed by atoms with E-state index in [1.165, 1.54) is 7.11 Å². The summed E-state index contributed by atoms with van der Waals surface area (Å²) in [6, 6.07) is 0. The molecule has 2 saturated carbocycles. The second kappa shape index (κ2) is 2.94. The molecule has 0 radical (unpaired) electrons. The van der Waals surface area contributed by atoms with Crippen molar-refractivity contribution in [2.45, 2.75) is 19.3 Å². The summed E-state index contributed by atoms with van der Waals surface area (Å²) in [6.45, 7) is 3.62. The van der Waals surface area contributed by atoms with Gasteiger partial charge in [-0.25, -0.2) is 0 Å². The molecule has 0 N–H and O–H groups in total. The maximum absolute atomic E-state index is 11.9. The lowest BCUT2D eigenvalue weighted by molar-refractivity contribution is -0.151. The first-order chi connectivity index (χ1) is 6.66. The number of hydrogen-bond donors (Lipinski definition) is 0. The average Bonchev–Trinajstić information content (AvgIpc) is 2.84. The van der Waals surface area contributed by atoms with Gasteiger partial charge in [-0.1, -0.05) is 6.08 Å². The van der Waals surface area contributed by atoms with Gasteiger partial charge in [0.05, 0.1) is 7.11 Å². The summed E-state index contributed by atoms with van der Waals surface area (Å²) in [5.74, 6) is -0.00828. The summed E-state index contributed by atoms with van der Waals surface area (Å²) in [4.78, 5) is 23.4. The third kappa shape index (κ3) is 0.982. The van der Waals surface area contributed by atoms with E-state index in [-0.39, 0.29) is 23.6 Å². The Morgan fingerprint density at radius 2 is 2.50 bits per heavy atom. The summed E-state index contributed by atoms with van der Waals surface area (Å²) in [5.41, 5.74) is -0.748. The van der Waals surface area contributed by atoms with Crippen LogP contribution in [-0.4, -0.2) is 18.9 Å². The van der Waals surface area contributed by atoms with Crippen molar-refractivity contribution in [2.24, 2.45) is 17.3 Å². The van der Waals surface area contributed by atoms with Crippen molar-refractivity contribution in [1.82, 2.24) is 0 Å². The Bertz CT molecular complexity index is 308. The van der Waals surface area contributed by atoms with E-state index in [0.29, 0.717) is 12.8 Å². The summed E-state index contributed by atoms with van der Waals surface area (Å²) in [5, 5.41) is 0. The normalized spacial score (nSPS) is 39.1. The van der Waals surface area contributed by atoms with Gasteiger partial charge in [0.15, 0.2) is 5.78 Å². The van der Waals surface area contributed by atoms with E-state index in [2.05, 4.69) is 6.58 Å². The minimum absolute atomic E-state index is 0.00495. The Hall–Kier alpha value is -1.12. The molecule has 3 atom stereocenters. The largest absolute Gasteiger partial charge is 0.468 e. The van der Waals surface area contributed by atoms with Crippen LogP contribution in [0.3, 0.4) is 0 Å². The SMILES string of the molecule is C=CCC1C[C@@H]2C[C@]2(C(=O)OC)C1=O. The molecule has 2 aliphatic rings. The van der Waals surface area contributed by atoms with Gasteiger partial charge in [-0.05, 0) is 25.2 Å². The highest BCUT2D eigenvalue weighted by molar-refractivity contribution is 6.10. The summed E-state index contributed by atoms with van der Waals surface area (Å²) < 4.78 is 4.69. The van der Waals surface area contributed by atoms with E-state index in [0.717, 1.165) is 6.42 Å². The van der Waals surface area contributed by atoms with Crippen molar-refractivity contribution < 1.29 is 14.3 Å². The Morgan fingerprint density at radius 1 is 1.79 bits per heavy atom. The Kier molecular flexibility index (Phi) is 1.98. The zero-order valence-electron chi connectivity index (χ0n) is 8.29. The molecule has 0 saturated heterocycles. The molecule has 0 bridgehead atoms. The number of fused-ring (bicyclic) bond motifs is 1. The topological polar surface area (TPSA) is 43.4 Å². The molecule has 0 aromatic carbocycles. The lowest BCUT2D eigenvalue weighted by Crippen LogP contribution is -2.28. The Labute approximate surface area is 83.1 Å². The lowest BCUT2D eigenvalue weighted by atomic mass is 9.93. The predicted molar refractivity (Wildman–Crippen MR) is 50.5 cm³/mol. The standard InChI is InChI=1S/C11H14O3/c1-3-4-7-5-8-6-11(8,9(7)12)10(13)14-2/h3,7-8H,1,4-6H2,2H3/t7?,8-,11-/m1/s1. The van der Waals surface area contributed by atoms with Crippen LogP contribution >= 0.6 is 0 Å². The number of methoxy groups -OCH3 is 1. The molecule has 0 amide bonds. The van der Waals surface area contributed by atoms with Gasteiger partial charge < -0.3 is 4.74 Å². The fourth-order valence-electron chi connectivity index (χ4n) is 2.67. The highest BCUT2D eigenvalue weighted by Gasteiger charge is 2.71. The second-order valence-electron chi connectivity index (χ2n) is 4.19. The van der Waals surface area contributed by atoms with E-state index in [9.17, 15) is 9.59 Å². The summed E-state index contributed by atoms with van der Waals surface area (Å²) in [6.07, 6.45) is 3.97. The van der Waals surface area contributed by atoms with Crippen molar-refractivity contribution in [3.05, 3.63) is 12.7 Å². The summed E-state index contributed by atoms with van der Waals surface area (Å²) >= 11 is 0. The fraction of sp³-hybridized carbons (Fsp3) is 0.636. The minimum atomic E-state index is -0.748. The number of hydrogen-bond acceptors (Lipinski definition) is 3. The number of Topliss-reactive ketones (excluding diaryl/α,β-unsaturated/α-hetero) is 1. The van der Waals surface area contributed by atoms with Crippen molar-refractivity contribution >= 4 is 11.8 Å². The number of carbonyl (C=O) groups excluding carboxylic acids is 2. The molecule has 76 valence electrons. The highest BCUT2D eigenvalue weighted by atomic mass is 16.5. The lowest BCUT2D eigenvalue weighted by Gasteiger charge is -2.11. The van der Waals surface area contributed by atoms with Crippen molar-refractivity contribution in [2.75, 3.05) is 7.11 Å². The van der Waals surface area contributed by atoms with Crippen molar-refractivity contribution in [1.29, 1.82) is 0 Å². The number of ether oxygens (including phenoxy) is 1. The quantitative estimate of drug-likeness (QED) is 0.387. The van der Waals surface area contributed by atoms with Gasteiger partial charge in [-0.2, -0.15) is 0 Å². The van der Waals surface area contributed by atoms with Gasteiger partial charge in [0, 0.05) is 5.92 Å². The van der Waals surface area contributed by atoms with Gasteiger partial charge >= 0.3 is 5.97 Å². The van der Waals surface area contributed by atoms with Crippen LogP contribution < -0.4 is 0 Å². The van der Waals surface area contributed by atoms with Crippen LogP contribution in [0.15, 0.2) is 12.7 Å². The number of carbonyl (C=O) groups is 2. The molecular formula is C11H14O3. The molecule has 0 spiro atoms. The molecular weight excluding hydrogens is 180 g/mol. The van der Waals surface area contributed by atoms with E-state index in [1.54, 1.807) is 6.08 Å². The van der Waals surface area contributed by atoms with E-state index < -0.39 is 5.41 Å². The van der Waals surface area contributed by atoms with Crippen LogP contribution in [0.25, 0.3) is 0 Å². The summed E-state index contributed by atoms with van der Waals surface area (Å²) in [7, 11) is 1.35. The zero-order valence-corrected chi connectivity index (χ0v) is 8.29. The van der Waals surface area contributed by atoms with Crippen LogP contribution in [0.5, 0.6) is 0 Å². The predicted octanol–water partition coefficient (Wildman–Crippen LogP) is 1.33. The maximum Gasteiger partial charge on any atom is 0.319 e. The van der Waals surface area contributed by atoms with Crippen LogP contribution in [0.1, 0.15) is 19.3 Å². The third-order valence-corrected chi connectivity index (χ3v) is 3.49. The first kappa shape index (κ1) is 9.44. The Balaban J connectivity index is 2.16. The van der Waals surface area contributed by atoms with Crippen LogP contribution in [0, 0.1) is 17.3 Å². The van der Waals surface area contributed by atoms with Gasteiger partial charge in [-0.3, -0.25) is 9.59 Å². The number of ketones is 1. The smallest absolute Gasteiger partial charge is 0.319 e. The second-order valence-corrected chi connectivity index (χ2v) is 4.19. The molecule has 2 fully saturated rings. The minimum Gasteiger partial charge on any atom is -0.468 e. The van der Waals surface area contributed by atoms with Crippen LogP contribution in [0.2, 0.25) is 0 Å². The molecule has 1 unspecified atom stereocenters. The third-order valence-electron chi connectivity index (χ3n) is 3.49. The molecule has 0 heterocycles. The monoisotopic (exact) mass is 194 g/mol.